The van der Waals surface area contributed by atoms with E-state index in [1.807, 2.05) is 0 Å². The van der Waals surface area contributed by atoms with Crippen LogP contribution >= 0.6 is 0 Å². The summed E-state index contributed by atoms with van der Waals surface area (Å²) in [6.07, 6.45) is 0.468. The van der Waals surface area contributed by atoms with Gasteiger partial charge in [-0.15, -0.1) is 0 Å². The Morgan fingerprint density at radius 2 is 2.22 bits per heavy atom. The van der Waals surface area contributed by atoms with Crippen molar-refractivity contribution < 1.29 is 23.0 Å². The number of rotatable bonds is 5. The van der Waals surface area contributed by atoms with E-state index in [9.17, 15) is 13.6 Å². The zero-order valence-electron chi connectivity index (χ0n) is 9.60. The zero-order chi connectivity index (χ0) is 13.4. The van der Waals surface area contributed by atoms with Crippen molar-refractivity contribution in [2.75, 3.05) is 6.61 Å². The second-order valence-electron chi connectivity index (χ2n) is 3.01. The number of ether oxygens (including phenoxy) is 2. The number of nitrogens with one attached hydrogen (secondary N) is 1. The number of nitrogens with zero attached hydrogens (tertiary/aromatic N) is 1. The molecule has 0 saturated carbocycles. The molecular weight excluding hydrogens is 246 g/mol. The molecule has 1 aromatic carbocycles. The molecule has 1 rings (SSSR count). The number of carbonyl (C=O) groups excluding carboxylic acids is 1. The van der Waals surface area contributed by atoms with Crippen LogP contribution in [0.4, 0.5) is 13.6 Å². The highest BCUT2D eigenvalue weighted by molar-refractivity contribution is 5.84. The molecule has 5 nitrogen and oxygen atoms in total. The molecule has 1 amide bonds. The molecule has 7 heteroatoms. The van der Waals surface area contributed by atoms with Crippen LogP contribution in [0.1, 0.15) is 12.5 Å². The van der Waals surface area contributed by atoms with E-state index in [-0.39, 0.29) is 12.4 Å². The predicted molar refractivity (Wildman–Crippen MR) is 60.8 cm³/mol. The van der Waals surface area contributed by atoms with Crippen molar-refractivity contribution in [3.63, 3.8) is 0 Å². The van der Waals surface area contributed by atoms with E-state index in [2.05, 4.69) is 20.0 Å². The number of amides is 1. The van der Waals surface area contributed by atoms with E-state index in [1.54, 1.807) is 19.1 Å². The summed E-state index contributed by atoms with van der Waals surface area (Å²) in [5.41, 5.74) is 2.39. The van der Waals surface area contributed by atoms with Crippen LogP contribution in [0.3, 0.4) is 0 Å². The lowest BCUT2D eigenvalue weighted by Gasteiger charge is -2.06. The lowest BCUT2D eigenvalue weighted by Crippen LogP contribution is -2.18. The van der Waals surface area contributed by atoms with Gasteiger partial charge in [0.05, 0.1) is 12.8 Å². The normalized spacial score (nSPS) is 10.7. The minimum Gasteiger partial charge on any atom is -0.449 e. The summed E-state index contributed by atoms with van der Waals surface area (Å²) in [6.45, 7) is -1.06. The van der Waals surface area contributed by atoms with Crippen molar-refractivity contribution >= 4 is 12.3 Å². The van der Waals surface area contributed by atoms with Gasteiger partial charge in [-0.1, -0.05) is 12.1 Å². The molecule has 1 aromatic rings. The molecule has 1 N–H and O–H groups in total. The Kier molecular flexibility index (Phi) is 5.56. The van der Waals surface area contributed by atoms with E-state index in [4.69, 9.17) is 0 Å². The average Bonchev–Trinajstić information content (AvgIpc) is 2.31. The number of para-hydroxylation sites is 1. The summed E-state index contributed by atoms with van der Waals surface area (Å²) in [7, 11) is 0. The average molecular weight is 258 g/mol. The van der Waals surface area contributed by atoms with Gasteiger partial charge in [0.15, 0.2) is 0 Å². The molecule has 0 unspecified atom stereocenters. The molecule has 0 spiro atoms. The molecule has 0 fully saturated rings. The third-order valence-corrected chi connectivity index (χ3v) is 1.77. The first kappa shape index (κ1) is 13.9. The van der Waals surface area contributed by atoms with E-state index < -0.39 is 12.7 Å². The summed E-state index contributed by atoms with van der Waals surface area (Å²) >= 11 is 0. The third kappa shape index (κ3) is 4.77. The monoisotopic (exact) mass is 258 g/mol. The third-order valence-electron chi connectivity index (χ3n) is 1.77. The van der Waals surface area contributed by atoms with Crippen molar-refractivity contribution in [3.8, 4) is 5.75 Å². The maximum atomic E-state index is 12.1. The lowest BCUT2D eigenvalue weighted by molar-refractivity contribution is -0.0499. The van der Waals surface area contributed by atoms with Crippen LogP contribution in [-0.2, 0) is 4.74 Å². The maximum absolute atomic E-state index is 12.1. The molecule has 18 heavy (non-hydrogen) atoms. The van der Waals surface area contributed by atoms with E-state index in [1.165, 1.54) is 18.3 Å². The number of halogens is 2. The standard InChI is InChI=1S/C11H12F2N2O3/c1-2-17-11(16)15-14-7-8-5-3-4-6-9(8)18-10(12)13/h3-7,10H,2H2,1H3,(H,15,16)/b14-7+. The Hall–Kier alpha value is -2.18. The number of hydrogen-bond acceptors (Lipinski definition) is 4. The molecule has 0 aliphatic heterocycles. The van der Waals surface area contributed by atoms with Gasteiger partial charge in [-0.3, -0.25) is 0 Å². The molecule has 0 aliphatic rings. The molecule has 0 saturated heterocycles. The van der Waals surface area contributed by atoms with Gasteiger partial charge in [-0.25, -0.2) is 10.2 Å². The lowest BCUT2D eigenvalue weighted by atomic mass is 10.2. The minimum atomic E-state index is -2.92. The first-order valence-corrected chi connectivity index (χ1v) is 5.13. The molecule has 0 atom stereocenters. The molecule has 98 valence electrons. The smallest absolute Gasteiger partial charge is 0.427 e. The molecule has 0 bridgehead atoms. The number of hydrazone groups is 1. The zero-order valence-corrected chi connectivity index (χ0v) is 9.60. The Morgan fingerprint density at radius 1 is 1.50 bits per heavy atom. The van der Waals surface area contributed by atoms with Crippen LogP contribution in [0, 0.1) is 0 Å². The van der Waals surface area contributed by atoms with Crippen LogP contribution in [0.25, 0.3) is 0 Å². The number of carbonyl (C=O) groups is 1. The van der Waals surface area contributed by atoms with Crippen LogP contribution in [0.2, 0.25) is 0 Å². The van der Waals surface area contributed by atoms with Gasteiger partial charge in [0, 0.05) is 5.56 Å². The number of hydrogen-bond donors (Lipinski definition) is 1. The Bertz CT molecular complexity index is 425. The predicted octanol–water partition coefficient (Wildman–Crippen LogP) is 2.37. The van der Waals surface area contributed by atoms with Crippen LogP contribution in [0.15, 0.2) is 29.4 Å². The van der Waals surface area contributed by atoms with Gasteiger partial charge in [-0.05, 0) is 19.1 Å². The first-order chi connectivity index (χ1) is 8.63. The van der Waals surface area contributed by atoms with E-state index in [0.717, 1.165) is 0 Å². The summed E-state index contributed by atoms with van der Waals surface area (Å²) in [5.74, 6) is -0.0260. The fourth-order valence-electron chi connectivity index (χ4n) is 1.11. The number of alkyl halides is 2. The highest BCUT2D eigenvalue weighted by atomic mass is 19.3. The SMILES string of the molecule is CCOC(=O)N/N=C/c1ccccc1OC(F)F. The minimum absolute atomic E-state index is 0.0260. The summed E-state index contributed by atoms with van der Waals surface area (Å²) in [5, 5.41) is 3.55. The Balaban J connectivity index is 2.65. The van der Waals surface area contributed by atoms with E-state index >= 15 is 0 Å². The Labute approximate surface area is 102 Å². The van der Waals surface area contributed by atoms with Crippen molar-refractivity contribution in [2.24, 2.45) is 5.10 Å². The summed E-state index contributed by atoms with van der Waals surface area (Å²) in [6, 6.07) is 6.07. The first-order valence-electron chi connectivity index (χ1n) is 5.13. The van der Waals surface area contributed by atoms with Crippen LogP contribution in [-0.4, -0.2) is 25.5 Å². The van der Waals surface area contributed by atoms with Crippen molar-refractivity contribution in [1.29, 1.82) is 0 Å². The quantitative estimate of drug-likeness (QED) is 0.651. The van der Waals surface area contributed by atoms with Gasteiger partial charge in [-0.2, -0.15) is 13.9 Å². The largest absolute Gasteiger partial charge is 0.449 e. The Morgan fingerprint density at radius 3 is 2.89 bits per heavy atom. The second-order valence-corrected chi connectivity index (χ2v) is 3.01. The highest BCUT2D eigenvalue weighted by Crippen LogP contribution is 2.18. The topological polar surface area (TPSA) is 59.9 Å². The molecule has 0 heterocycles. The summed E-state index contributed by atoms with van der Waals surface area (Å²) in [4.78, 5) is 10.9. The van der Waals surface area contributed by atoms with Crippen LogP contribution < -0.4 is 10.2 Å². The van der Waals surface area contributed by atoms with E-state index in [0.29, 0.717) is 5.56 Å². The maximum Gasteiger partial charge on any atom is 0.427 e. The molecule has 0 radical (unpaired) electrons. The van der Waals surface area contributed by atoms with Gasteiger partial charge >= 0.3 is 12.7 Å². The van der Waals surface area contributed by atoms with Gasteiger partial charge in [0.1, 0.15) is 5.75 Å². The second kappa shape index (κ2) is 7.21. The van der Waals surface area contributed by atoms with Crippen molar-refractivity contribution in [3.05, 3.63) is 29.8 Å². The fraction of sp³-hybridized carbons (Fsp3) is 0.273. The fourth-order valence-corrected chi connectivity index (χ4v) is 1.11. The molecule has 0 aliphatic carbocycles. The van der Waals surface area contributed by atoms with Gasteiger partial charge < -0.3 is 9.47 Å². The molecular formula is C11H12F2N2O3. The van der Waals surface area contributed by atoms with Crippen molar-refractivity contribution in [2.45, 2.75) is 13.5 Å². The van der Waals surface area contributed by atoms with Crippen LogP contribution in [0.5, 0.6) is 5.75 Å². The highest BCUT2D eigenvalue weighted by Gasteiger charge is 2.07. The van der Waals surface area contributed by atoms with Gasteiger partial charge in [0.2, 0.25) is 0 Å². The van der Waals surface area contributed by atoms with Gasteiger partial charge in [0.25, 0.3) is 0 Å². The molecule has 0 aromatic heterocycles. The van der Waals surface area contributed by atoms with Crippen molar-refractivity contribution in [1.82, 2.24) is 5.43 Å². The number of benzene rings is 1. The summed E-state index contributed by atoms with van der Waals surface area (Å²) < 4.78 is 33.0.